The van der Waals surface area contributed by atoms with Crippen LogP contribution in [0.4, 0.5) is 4.39 Å². The summed E-state index contributed by atoms with van der Waals surface area (Å²) in [4.78, 5) is 14.5. The number of fused-ring (bicyclic) bond motifs is 3. The Kier molecular flexibility index (Phi) is 4.08. The van der Waals surface area contributed by atoms with Gasteiger partial charge in [-0.2, -0.15) is 0 Å². The van der Waals surface area contributed by atoms with Crippen molar-refractivity contribution in [2.75, 3.05) is 7.05 Å². The summed E-state index contributed by atoms with van der Waals surface area (Å²) in [5.41, 5.74) is 1.79. The Morgan fingerprint density at radius 2 is 1.96 bits per heavy atom. The molecular formula is C18H18FN5OS. The molecule has 6 nitrogen and oxygen atoms in total. The van der Waals surface area contributed by atoms with E-state index in [-0.39, 0.29) is 17.4 Å². The van der Waals surface area contributed by atoms with Gasteiger partial charge in [0.05, 0.1) is 12.1 Å². The van der Waals surface area contributed by atoms with Crippen LogP contribution in [0.1, 0.15) is 24.4 Å². The second-order valence-electron chi connectivity index (χ2n) is 6.39. The van der Waals surface area contributed by atoms with Crippen LogP contribution >= 0.6 is 11.3 Å². The van der Waals surface area contributed by atoms with E-state index in [0.717, 1.165) is 16.9 Å². The van der Waals surface area contributed by atoms with Gasteiger partial charge in [0.25, 0.3) is 5.56 Å². The molecule has 134 valence electrons. The summed E-state index contributed by atoms with van der Waals surface area (Å²) in [5.74, 6) is 1.04. The van der Waals surface area contributed by atoms with Crippen molar-refractivity contribution in [2.45, 2.75) is 19.5 Å². The minimum Gasteiger partial charge on any atom is -0.292 e. The SMILES string of the molecule is CC(c1ccc(F)cc1)N(C)Cc1nnc2n(C)c(=O)c3sccc3n12. The quantitative estimate of drug-likeness (QED) is 0.553. The van der Waals surface area contributed by atoms with Crippen LogP contribution in [0.2, 0.25) is 0 Å². The predicted molar refractivity (Wildman–Crippen MR) is 99.9 cm³/mol. The van der Waals surface area contributed by atoms with Gasteiger partial charge in [-0.05, 0) is 43.1 Å². The van der Waals surface area contributed by atoms with Crippen LogP contribution in [0.5, 0.6) is 0 Å². The number of hydrogen-bond donors (Lipinski definition) is 0. The maximum absolute atomic E-state index is 13.2. The van der Waals surface area contributed by atoms with Crippen LogP contribution in [0.15, 0.2) is 40.5 Å². The van der Waals surface area contributed by atoms with Crippen molar-refractivity contribution in [3.63, 3.8) is 0 Å². The first-order valence-electron chi connectivity index (χ1n) is 8.23. The molecule has 0 amide bonds. The number of aromatic nitrogens is 4. The van der Waals surface area contributed by atoms with Crippen LogP contribution in [-0.4, -0.2) is 31.1 Å². The van der Waals surface area contributed by atoms with E-state index in [1.165, 1.54) is 28.0 Å². The Morgan fingerprint density at radius 3 is 2.69 bits per heavy atom. The van der Waals surface area contributed by atoms with Crippen LogP contribution in [-0.2, 0) is 13.6 Å². The van der Waals surface area contributed by atoms with Gasteiger partial charge in [-0.15, -0.1) is 21.5 Å². The third-order valence-corrected chi connectivity index (χ3v) is 5.69. The molecule has 0 aliphatic heterocycles. The van der Waals surface area contributed by atoms with Crippen LogP contribution < -0.4 is 5.56 Å². The van der Waals surface area contributed by atoms with E-state index in [9.17, 15) is 9.18 Å². The van der Waals surface area contributed by atoms with Crippen molar-refractivity contribution in [2.24, 2.45) is 7.05 Å². The normalized spacial score (nSPS) is 13.1. The number of thiophene rings is 1. The van der Waals surface area contributed by atoms with E-state index in [2.05, 4.69) is 22.0 Å². The standard InChI is InChI=1S/C18H18FN5OS/c1-11(12-4-6-13(19)7-5-12)22(2)10-15-20-21-18-23(3)17(25)16-14(24(15)18)8-9-26-16/h4-9,11H,10H2,1-3H3. The first kappa shape index (κ1) is 16.9. The molecule has 0 bridgehead atoms. The Morgan fingerprint density at radius 1 is 1.23 bits per heavy atom. The third-order valence-electron chi connectivity index (χ3n) is 4.80. The molecule has 4 aromatic rings. The van der Waals surface area contributed by atoms with Gasteiger partial charge in [0.15, 0.2) is 5.82 Å². The molecule has 26 heavy (non-hydrogen) atoms. The smallest absolute Gasteiger partial charge is 0.272 e. The van der Waals surface area contributed by atoms with E-state index >= 15 is 0 Å². The lowest BCUT2D eigenvalue weighted by Gasteiger charge is -2.24. The maximum Gasteiger partial charge on any atom is 0.272 e. The minimum atomic E-state index is -0.243. The van der Waals surface area contributed by atoms with E-state index in [1.807, 2.05) is 22.9 Å². The molecule has 0 spiro atoms. The molecule has 8 heteroatoms. The fourth-order valence-electron chi connectivity index (χ4n) is 3.11. The van der Waals surface area contributed by atoms with Gasteiger partial charge in [0.2, 0.25) is 5.78 Å². The van der Waals surface area contributed by atoms with Crippen LogP contribution in [0.3, 0.4) is 0 Å². The molecule has 0 saturated carbocycles. The lowest BCUT2D eigenvalue weighted by Crippen LogP contribution is -2.24. The summed E-state index contributed by atoms with van der Waals surface area (Å²) >= 11 is 1.42. The summed E-state index contributed by atoms with van der Waals surface area (Å²) in [6.07, 6.45) is 0. The summed E-state index contributed by atoms with van der Waals surface area (Å²) in [6, 6.07) is 8.52. The average molecular weight is 371 g/mol. The van der Waals surface area contributed by atoms with Gasteiger partial charge >= 0.3 is 0 Å². The highest BCUT2D eigenvalue weighted by Gasteiger charge is 2.19. The van der Waals surface area contributed by atoms with E-state index in [4.69, 9.17) is 0 Å². The molecule has 0 aliphatic rings. The second kappa shape index (κ2) is 6.30. The van der Waals surface area contributed by atoms with Gasteiger partial charge < -0.3 is 0 Å². The van der Waals surface area contributed by atoms with Crippen LogP contribution in [0, 0.1) is 5.82 Å². The van der Waals surface area contributed by atoms with Gasteiger partial charge in [-0.3, -0.25) is 18.7 Å². The number of hydrogen-bond acceptors (Lipinski definition) is 5. The zero-order valence-corrected chi connectivity index (χ0v) is 15.5. The summed E-state index contributed by atoms with van der Waals surface area (Å²) in [6.45, 7) is 2.61. The van der Waals surface area contributed by atoms with E-state index in [0.29, 0.717) is 17.0 Å². The van der Waals surface area contributed by atoms with Crippen molar-refractivity contribution in [3.8, 4) is 0 Å². The molecule has 1 aromatic carbocycles. The third kappa shape index (κ3) is 2.62. The largest absolute Gasteiger partial charge is 0.292 e. The lowest BCUT2D eigenvalue weighted by atomic mass is 10.1. The molecule has 1 atom stereocenters. The fourth-order valence-corrected chi connectivity index (χ4v) is 3.96. The van der Waals surface area contributed by atoms with Crippen molar-refractivity contribution in [1.82, 2.24) is 24.1 Å². The van der Waals surface area contributed by atoms with Crippen molar-refractivity contribution >= 4 is 27.3 Å². The zero-order valence-electron chi connectivity index (χ0n) is 14.7. The van der Waals surface area contributed by atoms with Gasteiger partial charge in [0, 0.05) is 13.1 Å². The summed E-state index contributed by atoms with van der Waals surface area (Å²) in [7, 11) is 3.70. The first-order valence-corrected chi connectivity index (χ1v) is 9.11. The molecule has 0 N–H and O–H groups in total. The zero-order chi connectivity index (χ0) is 18.4. The topological polar surface area (TPSA) is 55.4 Å². The number of benzene rings is 1. The molecule has 1 unspecified atom stereocenters. The number of nitrogens with zero attached hydrogens (tertiary/aromatic N) is 5. The van der Waals surface area contributed by atoms with E-state index < -0.39 is 0 Å². The monoisotopic (exact) mass is 371 g/mol. The van der Waals surface area contributed by atoms with Gasteiger partial charge in [-0.25, -0.2) is 4.39 Å². The number of rotatable bonds is 4. The Balaban J connectivity index is 1.73. The minimum absolute atomic E-state index is 0.0607. The predicted octanol–water partition coefficient (Wildman–Crippen LogP) is 2.97. The molecule has 3 aromatic heterocycles. The summed E-state index contributed by atoms with van der Waals surface area (Å²) < 4.78 is 17.3. The molecule has 0 aliphatic carbocycles. The Labute approximate surface area is 153 Å². The highest BCUT2D eigenvalue weighted by atomic mass is 32.1. The highest BCUT2D eigenvalue weighted by Crippen LogP contribution is 2.23. The van der Waals surface area contributed by atoms with Crippen molar-refractivity contribution in [3.05, 3.63) is 63.3 Å². The molecule has 0 saturated heterocycles. The maximum atomic E-state index is 13.2. The summed E-state index contributed by atoms with van der Waals surface area (Å²) in [5, 5.41) is 10.4. The average Bonchev–Trinajstić information content (AvgIpc) is 3.26. The van der Waals surface area contributed by atoms with Gasteiger partial charge in [-0.1, -0.05) is 12.1 Å². The van der Waals surface area contributed by atoms with Crippen molar-refractivity contribution in [1.29, 1.82) is 0 Å². The number of aryl methyl sites for hydroxylation is 1. The molecule has 0 fully saturated rings. The first-order chi connectivity index (χ1) is 12.5. The van der Waals surface area contributed by atoms with Crippen LogP contribution in [0.25, 0.3) is 16.0 Å². The van der Waals surface area contributed by atoms with Gasteiger partial charge in [0.1, 0.15) is 10.5 Å². The highest BCUT2D eigenvalue weighted by molar-refractivity contribution is 7.17. The Bertz CT molecular complexity index is 1140. The molecular weight excluding hydrogens is 353 g/mol. The second-order valence-corrected chi connectivity index (χ2v) is 7.31. The number of halogens is 1. The van der Waals surface area contributed by atoms with E-state index in [1.54, 1.807) is 19.2 Å². The van der Waals surface area contributed by atoms with Crippen molar-refractivity contribution < 1.29 is 4.39 Å². The molecule has 3 heterocycles. The fraction of sp³-hybridized carbons (Fsp3) is 0.278. The Hall–Kier alpha value is -2.58. The lowest BCUT2D eigenvalue weighted by molar-refractivity contribution is 0.246. The molecule has 0 radical (unpaired) electrons. The molecule has 4 rings (SSSR count).